The number of rotatable bonds is 13. The molecule has 0 spiro atoms. The molecule has 0 aliphatic heterocycles. The first kappa shape index (κ1) is 30.8. The van der Waals surface area contributed by atoms with Crippen molar-refractivity contribution in [3.05, 3.63) is 66.6 Å². The third-order valence-corrected chi connectivity index (χ3v) is 6.36. The Bertz CT molecular complexity index is 1560. The van der Waals surface area contributed by atoms with Crippen LogP contribution >= 0.6 is 0 Å². The van der Waals surface area contributed by atoms with Crippen LogP contribution in [0.5, 0.6) is 5.75 Å². The summed E-state index contributed by atoms with van der Waals surface area (Å²) in [5, 5.41) is 13.7. The van der Waals surface area contributed by atoms with Crippen molar-refractivity contribution in [1.29, 1.82) is 0 Å². The van der Waals surface area contributed by atoms with Crippen LogP contribution in [0.1, 0.15) is 24.2 Å². The number of nitrogens with zero attached hydrogens (tertiary/aromatic N) is 6. The van der Waals surface area contributed by atoms with Crippen molar-refractivity contribution in [1.82, 2.24) is 24.6 Å². The van der Waals surface area contributed by atoms with Crippen molar-refractivity contribution >= 4 is 46.4 Å². The number of ether oxygens (including phenoxy) is 2. The Labute approximate surface area is 250 Å². The van der Waals surface area contributed by atoms with Gasteiger partial charge in [0.15, 0.2) is 5.82 Å². The average Bonchev–Trinajstić information content (AvgIpc) is 3.51. The van der Waals surface area contributed by atoms with Gasteiger partial charge in [0.2, 0.25) is 11.9 Å². The molecule has 0 atom stereocenters. The van der Waals surface area contributed by atoms with Crippen LogP contribution in [0.25, 0.3) is 5.69 Å². The van der Waals surface area contributed by atoms with Crippen molar-refractivity contribution < 1.29 is 19.1 Å². The molecule has 43 heavy (non-hydrogen) atoms. The number of likely N-dealkylation sites (N-methyl/N-ethyl adjacent to an activating group) is 2. The average molecular weight is 588 g/mol. The minimum absolute atomic E-state index is 0.159. The predicted molar refractivity (Wildman–Crippen MR) is 167 cm³/mol. The minimum atomic E-state index is -0.566. The Morgan fingerprint density at radius 2 is 1.79 bits per heavy atom. The second-order valence-corrected chi connectivity index (χ2v) is 9.87. The summed E-state index contributed by atoms with van der Waals surface area (Å²) in [6.07, 6.45) is 4.90. The zero-order chi connectivity index (χ0) is 30.9. The molecule has 3 N–H and O–H groups in total. The summed E-state index contributed by atoms with van der Waals surface area (Å²) in [5.74, 6) is 0.154. The molecule has 2 aromatic carbocycles. The Kier molecular flexibility index (Phi) is 10.1. The molecule has 0 radical (unpaired) electrons. The lowest BCUT2D eigenvalue weighted by Crippen LogP contribution is -2.29. The number of benzene rings is 2. The van der Waals surface area contributed by atoms with Gasteiger partial charge in [-0.1, -0.05) is 12.1 Å². The van der Waals surface area contributed by atoms with Crippen LogP contribution in [0.4, 0.5) is 34.5 Å². The van der Waals surface area contributed by atoms with Crippen LogP contribution < -0.4 is 25.6 Å². The monoisotopic (exact) mass is 587 g/mol. The van der Waals surface area contributed by atoms with E-state index in [9.17, 15) is 9.59 Å². The normalized spacial score (nSPS) is 10.8. The maximum atomic E-state index is 12.8. The van der Waals surface area contributed by atoms with Gasteiger partial charge in [-0.3, -0.25) is 4.79 Å². The van der Waals surface area contributed by atoms with E-state index in [0.29, 0.717) is 22.8 Å². The van der Waals surface area contributed by atoms with Crippen LogP contribution in [-0.4, -0.2) is 84.5 Å². The molecule has 1 amide bonds. The lowest BCUT2D eigenvalue weighted by molar-refractivity contribution is -0.114. The standard InChI is InChI=1S/C30H37N9O4/c1-7-43-29(41)21-19-31-30(36-28(21)34-22-11-8-9-12-25(22)39-14-10-13-32-39)35-24-17-23(33-20(2)40)26(18-27(24)42-6)38(5)16-15-37(3)4/h8-14,17-19H,7,15-16H2,1-6H3,(H,33,40)(H2,31,34,35,36). The molecular formula is C30H37N9O4. The topological polar surface area (TPSA) is 139 Å². The minimum Gasteiger partial charge on any atom is -0.494 e. The van der Waals surface area contributed by atoms with Gasteiger partial charge in [0, 0.05) is 51.7 Å². The summed E-state index contributed by atoms with van der Waals surface area (Å²) in [5.41, 5.74) is 3.47. The van der Waals surface area contributed by atoms with E-state index in [1.807, 2.05) is 68.6 Å². The van der Waals surface area contributed by atoms with E-state index in [1.54, 1.807) is 31.0 Å². The van der Waals surface area contributed by atoms with Crippen molar-refractivity contribution in [3.8, 4) is 11.4 Å². The molecule has 4 aromatic rings. The largest absolute Gasteiger partial charge is 0.494 e. The molecule has 13 heteroatoms. The fraction of sp³-hybridized carbons (Fsp3) is 0.300. The van der Waals surface area contributed by atoms with Gasteiger partial charge in [0.1, 0.15) is 11.3 Å². The maximum absolute atomic E-state index is 12.8. The first-order chi connectivity index (χ1) is 20.7. The summed E-state index contributed by atoms with van der Waals surface area (Å²) in [4.78, 5) is 38.1. The Morgan fingerprint density at radius 1 is 1.00 bits per heavy atom. The first-order valence-electron chi connectivity index (χ1n) is 13.7. The molecule has 2 aromatic heterocycles. The first-order valence-corrected chi connectivity index (χ1v) is 13.7. The Balaban J connectivity index is 1.73. The van der Waals surface area contributed by atoms with E-state index in [4.69, 9.17) is 9.47 Å². The van der Waals surface area contributed by atoms with E-state index in [1.165, 1.54) is 13.1 Å². The number of anilines is 6. The molecule has 4 rings (SSSR count). The molecule has 0 aliphatic carbocycles. The summed E-state index contributed by atoms with van der Waals surface area (Å²) >= 11 is 0. The van der Waals surface area contributed by atoms with E-state index in [2.05, 4.69) is 35.9 Å². The number of para-hydroxylation sites is 2. The summed E-state index contributed by atoms with van der Waals surface area (Å²) < 4.78 is 12.7. The smallest absolute Gasteiger partial charge is 0.343 e. The Morgan fingerprint density at radius 3 is 2.47 bits per heavy atom. The van der Waals surface area contributed by atoms with Gasteiger partial charge in [-0.25, -0.2) is 14.5 Å². The third-order valence-electron chi connectivity index (χ3n) is 6.36. The molecule has 0 saturated carbocycles. The fourth-order valence-corrected chi connectivity index (χ4v) is 4.25. The number of esters is 1. The molecule has 0 unspecified atom stereocenters. The molecule has 226 valence electrons. The van der Waals surface area contributed by atoms with Gasteiger partial charge in [-0.2, -0.15) is 10.1 Å². The second kappa shape index (κ2) is 14.1. The van der Waals surface area contributed by atoms with Crippen molar-refractivity contribution in [2.24, 2.45) is 0 Å². The van der Waals surface area contributed by atoms with Crippen LogP contribution in [0, 0.1) is 0 Å². The molecule has 0 saturated heterocycles. The third kappa shape index (κ3) is 7.77. The van der Waals surface area contributed by atoms with Crippen molar-refractivity contribution in [2.75, 3.05) is 68.8 Å². The summed E-state index contributed by atoms with van der Waals surface area (Å²) in [6, 6.07) is 12.9. The summed E-state index contributed by atoms with van der Waals surface area (Å²) in [6.45, 7) is 4.93. The Hall–Kier alpha value is -5.17. The van der Waals surface area contributed by atoms with Crippen LogP contribution in [0.3, 0.4) is 0 Å². The predicted octanol–water partition coefficient (Wildman–Crippen LogP) is 4.29. The fourth-order valence-electron chi connectivity index (χ4n) is 4.25. The lowest BCUT2D eigenvalue weighted by Gasteiger charge is -2.26. The van der Waals surface area contributed by atoms with E-state index >= 15 is 0 Å². The van der Waals surface area contributed by atoms with Gasteiger partial charge in [-0.05, 0) is 45.3 Å². The number of hydrogen-bond donors (Lipinski definition) is 3. The maximum Gasteiger partial charge on any atom is 0.343 e. The number of nitrogens with one attached hydrogen (secondary N) is 3. The van der Waals surface area contributed by atoms with Gasteiger partial charge < -0.3 is 35.2 Å². The highest BCUT2D eigenvalue weighted by Gasteiger charge is 2.20. The summed E-state index contributed by atoms with van der Waals surface area (Å²) in [7, 11) is 7.52. The molecule has 2 heterocycles. The van der Waals surface area contributed by atoms with Crippen molar-refractivity contribution in [3.63, 3.8) is 0 Å². The molecule has 0 fully saturated rings. The number of carbonyl (C=O) groups excluding carboxylic acids is 2. The number of carbonyl (C=O) groups is 2. The molecule has 0 bridgehead atoms. The van der Waals surface area contributed by atoms with Gasteiger partial charge >= 0.3 is 5.97 Å². The van der Waals surface area contributed by atoms with E-state index in [0.717, 1.165) is 24.5 Å². The quantitative estimate of drug-likeness (QED) is 0.193. The highest BCUT2D eigenvalue weighted by molar-refractivity contribution is 5.96. The lowest BCUT2D eigenvalue weighted by atomic mass is 10.2. The highest BCUT2D eigenvalue weighted by atomic mass is 16.5. The van der Waals surface area contributed by atoms with Crippen LogP contribution in [-0.2, 0) is 9.53 Å². The highest BCUT2D eigenvalue weighted by Crippen LogP contribution is 2.38. The number of amides is 1. The number of methoxy groups -OCH3 is 1. The molecule has 0 aliphatic rings. The van der Waals surface area contributed by atoms with Crippen LogP contribution in [0.15, 0.2) is 61.1 Å². The van der Waals surface area contributed by atoms with Gasteiger partial charge in [-0.15, -0.1) is 0 Å². The molecular weight excluding hydrogens is 550 g/mol. The zero-order valence-corrected chi connectivity index (χ0v) is 25.2. The zero-order valence-electron chi connectivity index (χ0n) is 25.2. The van der Waals surface area contributed by atoms with Gasteiger partial charge in [0.25, 0.3) is 0 Å². The number of hydrogen-bond acceptors (Lipinski definition) is 11. The van der Waals surface area contributed by atoms with E-state index in [-0.39, 0.29) is 29.8 Å². The van der Waals surface area contributed by atoms with Crippen molar-refractivity contribution in [2.45, 2.75) is 13.8 Å². The molecule has 13 nitrogen and oxygen atoms in total. The van der Waals surface area contributed by atoms with Crippen LogP contribution in [0.2, 0.25) is 0 Å². The van der Waals surface area contributed by atoms with E-state index < -0.39 is 5.97 Å². The second-order valence-electron chi connectivity index (χ2n) is 9.87. The number of aromatic nitrogens is 4. The van der Waals surface area contributed by atoms with Gasteiger partial charge in [0.05, 0.1) is 42.2 Å². The SMILES string of the molecule is CCOC(=O)c1cnc(Nc2cc(NC(C)=O)c(N(C)CCN(C)C)cc2OC)nc1Nc1ccccc1-n1cccn1.